The van der Waals surface area contributed by atoms with Crippen molar-refractivity contribution in [1.29, 1.82) is 0 Å². The van der Waals surface area contributed by atoms with E-state index in [1.54, 1.807) is 61.7 Å². The Kier molecular flexibility index (Phi) is 7.00. The number of ether oxygens (including phenoxy) is 1. The number of carbonyl (C=O) groups is 1. The summed E-state index contributed by atoms with van der Waals surface area (Å²) in [5.74, 6) is -0.285. The fourth-order valence-corrected chi connectivity index (χ4v) is 5.25. The third-order valence-corrected chi connectivity index (χ3v) is 7.62. The number of sulfonamides is 1. The van der Waals surface area contributed by atoms with Gasteiger partial charge in [0, 0.05) is 26.2 Å². The minimum atomic E-state index is -3.81. The summed E-state index contributed by atoms with van der Waals surface area (Å²) < 4.78 is 34.4. The second kappa shape index (κ2) is 9.97. The molecule has 0 unspecified atom stereocenters. The highest BCUT2D eigenvalue weighted by Gasteiger charge is 2.20. The molecule has 0 saturated carbocycles. The predicted octanol–water partition coefficient (Wildman–Crippen LogP) is 3.92. The lowest BCUT2D eigenvalue weighted by atomic mass is 9.98. The zero-order valence-corrected chi connectivity index (χ0v) is 20.8. The maximum Gasteiger partial charge on any atom is 0.335 e. The molecule has 184 valence electrons. The van der Waals surface area contributed by atoms with Crippen LogP contribution in [0, 0.1) is 6.92 Å². The number of hydrogen-bond donors (Lipinski definition) is 2. The SMILES string of the molecule is COc1ccc(NS(=O)(=O)c2ccc(-c3ccc(C(=O)O)cc3C)cc2)cc1N1CCN(C)CC1. The first kappa shape index (κ1) is 24.6. The number of anilines is 2. The lowest BCUT2D eigenvalue weighted by Gasteiger charge is -2.35. The van der Waals surface area contributed by atoms with Gasteiger partial charge >= 0.3 is 5.97 Å². The summed E-state index contributed by atoms with van der Waals surface area (Å²) in [7, 11) is -0.123. The lowest BCUT2D eigenvalue weighted by molar-refractivity contribution is 0.0696. The van der Waals surface area contributed by atoms with Gasteiger partial charge in [0.25, 0.3) is 10.0 Å². The van der Waals surface area contributed by atoms with Crippen molar-refractivity contribution in [2.75, 3.05) is 50.0 Å². The van der Waals surface area contributed by atoms with Crippen molar-refractivity contribution in [2.24, 2.45) is 0 Å². The van der Waals surface area contributed by atoms with Crippen molar-refractivity contribution < 1.29 is 23.1 Å². The zero-order valence-electron chi connectivity index (χ0n) is 20.0. The molecule has 35 heavy (non-hydrogen) atoms. The molecule has 0 aromatic heterocycles. The van der Waals surface area contributed by atoms with Crippen LogP contribution >= 0.6 is 0 Å². The minimum Gasteiger partial charge on any atom is -0.495 e. The number of rotatable bonds is 7. The summed E-state index contributed by atoms with van der Waals surface area (Å²) in [5, 5.41) is 9.16. The number of carboxylic acid groups (broad SMARTS) is 1. The van der Waals surface area contributed by atoms with E-state index in [0.29, 0.717) is 11.4 Å². The minimum absolute atomic E-state index is 0.137. The average Bonchev–Trinajstić information content (AvgIpc) is 2.84. The molecule has 0 atom stereocenters. The normalized spacial score (nSPS) is 14.5. The van der Waals surface area contributed by atoms with Gasteiger partial charge in [0.15, 0.2) is 0 Å². The molecule has 8 nitrogen and oxygen atoms in total. The molecule has 0 spiro atoms. The maximum absolute atomic E-state index is 13.1. The number of nitrogens with one attached hydrogen (secondary N) is 1. The molecule has 1 fully saturated rings. The zero-order chi connectivity index (χ0) is 25.2. The predicted molar refractivity (Wildman–Crippen MR) is 137 cm³/mol. The van der Waals surface area contributed by atoms with Gasteiger partial charge in [-0.25, -0.2) is 13.2 Å². The molecule has 1 aliphatic rings. The van der Waals surface area contributed by atoms with Gasteiger partial charge in [-0.05, 0) is 73.1 Å². The van der Waals surface area contributed by atoms with Crippen LogP contribution in [0.15, 0.2) is 65.6 Å². The summed E-state index contributed by atoms with van der Waals surface area (Å²) in [6.45, 7) is 5.33. The van der Waals surface area contributed by atoms with Gasteiger partial charge in [-0.3, -0.25) is 4.72 Å². The average molecular weight is 496 g/mol. The van der Waals surface area contributed by atoms with Crippen molar-refractivity contribution in [3.05, 3.63) is 71.8 Å². The number of carboxylic acids is 1. The highest BCUT2D eigenvalue weighted by atomic mass is 32.2. The molecule has 0 radical (unpaired) electrons. The van der Waals surface area contributed by atoms with Crippen LogP contribution in [0.2, 0.25) is 0 Å². The summed E-state index contributed by atoms with van der Waals surface area (Å²) in [5.41, 5.74) is 3.98. The molecule has 0 aliphatic carbocycles. The summed E-state index contributed by atoms with van der Waals surface area (Å²) >= 11 is 0. The van der Waals surface area contributed by atoms with E-state index >= 15 is 0 Å². The fourth-order valence-electron chi connectivity index (χ4n) is 4.20. The second-order valence-electron chi connectivity index (χ2n) is 8.64. The third-order valence-electron chi connectivity index (χ3n) is 6.22. The molecule has 1 heterocycles. The number of piperazine rings is 1. The van der Waals surface area contributed by atoms with Gasteiger partial charge in [-0.15, -0.1) is 0 Å². The van der Waals surface area contributed by atoms with Crippen LogP contribution in [0.1, 0.15) is 15.9 Å². The van der Waals surface area contributed by atoms with Crippen LogP contribution in [0.3, 0.4) is 0 Å². The lowest BCUT2D eigenvalue weighted by Crippen LogP contribution is -2.44. The highest BCUT2D eigenvalue weighted by molar-refractivity contribution is 7.92. The highest BCUT2D eigenvalue weighted by Crippen LogP contribution is 2.33. The first-order valence-corrected chi connectivity index (χ1v) is 12.7. The summed E-state index contributed by atoms with van der Waals surface area (Å²) in [6.07, 6.45) is 0. The molecular weight excluding hydrogens is 466 g/mol. The van der Waals surface area contributed by atoms with Crippen molar-refractivity contribution in [2.45, 2.75) is 11.8 Å². The number of benzene rings is 3. The Hall–Kier alpha value is -3.56. The standard InChI is InChI=1S/C26H29N3O5S/c1-18-16-20(26(30)31)6-10-23(18)19-4-8-22(9-5-19)35(32,33)27-21-7-11-25(34-3)24(17-21)29-14-12-28(2)13-15-29/h4-11,16-17,27H,12-15H2,1-3H3,(H,30,31). The Morgan fingerprint density at radius 1 is 0.971 bits per heavy atom. The number of likely N-dealkylation sites (N-methyl/N-ethyl adjacent to an activating group) is 1. The molecule has 3 aromatic rings. The van der Waals surface area contributed by atoms with E-state index in [0.717, 1.165) is 48.6 Å². The number of aryl methyl sites for hydroxylation is 1. The van der Waals surface area contributed by atoms with Crippen LogP contribution in [0.25, 0.3) is 11.1 Å². The van der Waals surface area contributed by atoms with Gasteiger partial charge in [0.05, 0.1) is 28.9 Å². The first-order valence-electron chi connectivity index (χ1n) is 11.3. The Balaban J connectivity index is 1.56. The van der Waals surface area contributed by atoms with Crippen LogP contribution in [0.4, 0.5) is 11.4 Å². The van der Waals surface area contributed by atoms with E-state index in [1.165, 1.54) is 0 Å². The maximum atomic E-state index is 13.1. The van der Waals surface area contributed by atoms with Crippen molar-refractivity contribution in [3.63, 3.8) is 0 Å². The van der Waals surface area contributed by atoms with E-state index in [2.05, 4.69) is 21.6 Å². The van der Waals surface area contributed by atoms with Gasteiger partial charge in [-0.1, -0.05) is 18.2 Å². The van der Waals surface area contributed by atoms with E-state index in [1.807, 2.05) is 13.0 Å². The van der Waals surface area contributed by atoms with Crippen molar-refractivity contribution in [1.82, 2.24) is 4.90 Å². The monoisotopic (exact) mass is 495 g/mol. The number of nitrogens with zero attached hydrogens (tertiary/aromatic N) is 2. The third kappa shape index (κ3) is 5.41. The van der Waals surface area contributed by atoms with Crippen LogP contribution < -0.4 is 14.4 Å². The first-order chi connectivity index (χ1) is 16.7. The second-order valence-corrected chi connectivity index (χ2v) is 10.3. The molecule has 0 amide bonds. The van der Waals surface area contributed by atoms with Gasteiger partial charge in [-0.2, -0.15) is 0 Å². The van der Waals surface area contributed by atoms with E-state index < -0.39 is 16.0 Å². The molecule has 4 rings (SSSR count). The summed E-state index contributed by atoms with van der Waals surface area (Å²) in [4.78, 5) is 15.8. The van der Waals surface area contributed by atoms with Crippen molar-refractivity contribution >= 4 is 27.4 Å². The van der Waals surface area contributed by atoms with E-state index in [-0.39, 0.29) is 10.5 Å². The quantitative estimate of drug-likeness (QED) is 0.513. The molecule has 9 heteroatoms. The Bertz CT molecular complexity index is 1330. The van der Waals surface area contributed by atoms with Gasteiger partial charge in [0.2, 0.25) is 0 Å². The largest absolute Gasteiger partial charge is 0.495 e. The van der Waals surface area contributed by atoms with E-state index in [9.17, 15) is 13.2 Å². The van der Waals surface area contributed by atoms with Crippen LogP contribution in [-0.2, 0) is 10.0 Å². The van der Waals surface area contributed by atoms with Crippen LogP contribution in [0.5, 0.6) is 5.75 Å². The molecular formula is C26H29N3O5S. The Morgan fingerprint density at radius 2 is 1.66 bits per heavy atom. The topological polar surface area (TPSA) is 99.2 Å². The number of aromatic carboxylic acids is 1. The molecule has 3 aromatic carbocycles. The van der Waals surface area contributed by atoms with E-state index in [4.69, 9.17) is 9.84 Å². The van der Waals surface area contributed by atoms with Gasteiger partial charge < -0.3 is 19.6 Å². The number of methoxy groups -OCH3 is 1. The Morgan fingerprint density at radius 3 is 2.26 bits per heavy atom. The smallest absolute Gasteiger partial charge is 0.335 e. The van der Waals surface area contributed by atoms with Crippen LogP contribution in [-0.4, -0.2) is 64.7 Å². The number of hydrogen-bond acceptors (Lipinski definition) is 6. The molecule has 2 N–H and O–H groups in total. The molecule has 1 aliphatic heterocycles. The molecule has 1 saturated heterocycles. The molecule has 0 bridgehead atoms. The van der Waals surface area contributed by atoms with Gasteiger partial charge in [0.1, 0.15) is 5.75 Å². The summed E-state index contributed by atoms with van der Waals surface area (Å²) in [6, 6.07) is 16.7. The van der Waals surface area contributed by atoms with Crippen molar-refractivity contribution in [3.8, 4) is 16.9 Å². The fraction of sp³-hybridized carbons (Fsp3) is 0.269. The Labute approximate surface area is 205 Å².